The zero-order chi connectivity index (χ0) is 34.1. The number of hydrogen-bond donors (Lipinski definition) is 5. The van der Waals surface area contributed by atoms with Crippen molar-refractivity contribution in [2.24, 2.45) is 0 Å². The number of carbonyl (C=O) groups is 2. The van der Waals surface area contributed by atoms with Crippen LogP contribution >= 0.6 is 33.2 Å². The number of alkyl halides is 1. The lowest BCUT2D eigenvalue weighted by Crippen LogP contribution is -2.30. The van der Waals surface area contributed by atoms with Crippen LogP contribution in [0.2, 0.25) is 0 Å². The van der Waals surface area contributed by atoms with Crippen LogP contribution in [0.5, 0.6) is 5.75 Å². The van der Waals surface area contributed by atoms with Gasteiger partial charge < -0.3 is 30.6 Å². The van der Waals surface area contributed by atoms with Crippen molar-refractivity contribution in [3.63, 3.8) is 0 Å². The van der Waals surface area contributed by atoms with Gasteiger partial charge in [-0.05, 0) is 78.6 Å². The minimum atomic E-state index is -0.259. The van der Waals surface area contributed by atoms with Crippen molar-refractivity contribution in [2.45, 2.75) is 25.7 Å². The molecule has 4 aromatic carbocycles. The summed E-state index contributed by atoms with van der Waals surface area (Å²) in [5.41, 5.74) is 6.94. The number of fused-ring (bicyclic) bond motifs is 5. The van der Waals surface area contributed by atoms with Crippen molar-refractivity contribution in [1.29, 1.82) is 0 Å². The first kappa shape index (κ1) is 33.0. The van der Waals surface area contributed by atoms with E-state index in [9.17, 15) is 14.7 Å². The van der Waals surface area contributed by atoms with Crippen molar-refractivity contribution in [1.82, 2.24) is 9.97 Å². The van der Waals surface area contributed by atoms with E-state index in [1.54, 1.807) is 27.8 Å². The molecule has 11 heteroatoms. The van der Waals surface area contributed by atoms with E-state index < -0.39 is 0 Å². The van der Waals surface area contributed by atoms with E-state index in [4.69, 9.17) is 11.6 Å². The number of rotatable bonds is 11. The fraction of sp³-hybridized carbons (Fsp3) is 0.211. The first-order valence-electron chi connectivity index (χ1n) is 16.2. The number of hydrogen-bond acceptors (Lipinski definition) is 6. The monoisotopic (exact) mass is 709 g/mol. The second-order valence-corrected chi connectivity index (χ2v) is 15.1. The maximum atomic E-state index is 13.9. The van der Waals surface area contributed by atoms with Crippen LogP contribution in [0.15, 0.2) is 90.6 Å². The smallest absolute Gasteiger partial charge is 0.274 e. The number of amides is 2. The van der Waals surface area contributed by atoms with E-state index >= 15 is 0 Å². The van der Waals surface area contributed by atoms with Gasteiger partial charge in [-0.15, -0.1) is 11.6 Å². The number of halogens is 1. The zero-order valence-electron chi connectivity index (χ0n) is 27.1. The van der Waals surface area contributed by atoms with Gasteiger partial charge in [0.15, 0.2) is 0 Å². The third-order valence-electron chi connectivity index (χ3n) is 8.88. The number of phenols is 1. The van der Waals surface area contributed by atoms with Gasteiger partial charge in [-0.2, -0.15) is 0 Å². The van der Waals surface area contributed by atoms with Gasteiger partial charge in [-0.25, -0.2) is 0 Å². The molecule has 1 aliphatic heterocycles. The molecule has 0 fully saturated rings. The fourth-order valence-electron chi connectivity index (χ4n) is 6.63. The van der Waals surface area contributed by atoms with Crippen molar-refractivity contribution in [3.8, 4) is 5.75 Å². The Kier molecular flexibility index (Phi) is 9.53. The highest BCUT2D eigenvalue weighted by Crippen LogP contribution is 2.45. The van der Waals surface area contributed by atoms with E-state index in [0.717, 1.165) is 62.4 Å². The Hall–Kier alpha value is -4.51. The molecule has 250 valence electrons. The molecule has 7 rings (SSSR count). The Labute approximate surface area is 297 Å². The number of H-pyrrole nitrogens is 2. The van der Waals surface area contributed by atoms with E-state index in [0.29, 0.717) is 35.2 Å². The summed E-state index contributed by atoms with van der Waals surface area (Å²) in [4.78, 5) is 35.4. The normalized spacial score (nSPS) is 14.6. The maximum Gasteiger partial charge on any atom is 0.274 e. The molecule has 1 unspecified atom stereocenters. The summed E-state index contributed by atoms with van der Waals surface area (Å²) in [6.45, 7) is 2.55. The number of nitrogens with zero attached hydrogens (tertiary/aromatic N) is 1. The lowest BCUT2D eigenvalue weighted by molar-refractivity contribution is 0.0982. The number of aromatic nitrogens is 2. The van der Waals surface area contributed by atoms with Crippen LogP contribution in [0, 0.1) is 0 Å². The van der Waals surface area contributed by atoms with Crippen molar-refractivity contribution >= 4 is 94.6 Å². The van der Waals surface area contributed by atoms with E-state index in [-0.39, 0.29) is 23.5 Å². The fourth-order valence-corrected chi connectivity index (χ4v) is 8.10. The molecule has 0 bridgehead atoms. The molecule has 0 aliphatic carbocycles. The topological polar surface area (TPSA) is 113 Å². The predicted molar refractivity (Wildman–Crippen MR) is 208 cm³/mol. The minimum absolute atomic E-state index is 0.0610. The average molecular weight is 710 g/mol. The minimum Gasteiger partial charge on any atom is -0.507 e. The van der Waals surface area contributed by atoms with E-state index in [1.165, 1.54) is 5.70 Å². The molecule has 6 aromatic rings. The molecular weight excluding hydrogens is 674 g/mol. The van der Waals surface area contributed by atoms with Crippen LogP contribution in [-0.4, -0.2) is 51.3 Å². The number of benzene rings is 4. The Morgan fingerprint density at radius 2 is 1.61 bits per heavy atom. The molecule has 0 radical (unpaired) electrons. The quantitative estimate of drug-likeness (QED) is 0.0520. The van der Waals surface area contributed by atoms with Crippen LogP contribution in [-0.2, 0) is 0 Å². The maximum absolute atomic E-state index is 13.9. The van der Waals surface area contributed by atoms with Gasteiger partial charge in [0.05, 0.1) is 5.69 Å². The van der Waals surface area contributed by atoms with E-state index in [2.05, 4.69) is 45.9 Å². The van der Waals surface area contributed by atoms with Crippen LogP contribution in [0.4, 0.5) is 17.1 Å². The Morgan fingerprint density at radius 1 is 0.939 bits per heavy atom. The SMILES string of the molecule is CC/C=C(/CCSSC)Nc1ccc2[nH]c(C(=O)Nc3ccc4[nH]c(C(=O)N5CC(CCl)c6c5cc(O)c5ccccc65)cc4c3)cc2c1. The van der Waals surface area contributed by atoms with E-state index in [1.807, 2.05) is 71.5 Å². The molecule has 1 aliphatic rings. The van der Waals surface area contributed by atoms with Crippen LogP contribution in [0.3, 0.4) is 0 Å². The van der Waals surface area contributed by atoms with Gasteiger partial charge in [0.25, 0.3) is 11.8 Å². The largest absolute Gasteiger partial charge is 0.507 e. The molecule has 0 saturated heterocycles. The summed E-state index contributed by atoms with van der Waals surface area (Å²) in [5, 5.41) is 20.7. The molecule has 0 saturated carbocycles. The predicted octanol–water partition coefficient (Wildman–Crippen LogP) is 9.85. The zero-order valence-corrected chi connectivity index (χ0v) is 29.5. The van der Waals surface area contributed by atoms with Crippen LogP contribution in [0.1, 0.15) is 52.2 Å². The number of anilines is 3. The molecule has 49 heavy (non-hydrogen) atoms. The highest BCUT2D eigenvalue weighted by molar-refractivity contribution is 8.76. The van der Waals surface area contributed by atoms with Crippen molar-refractivity contribution in [3.05, 3.63) is 108 Å². The molecule has 0 spiro atoms. The molecule has 3 heterocycles. The standard InChI is InChI=1S/C38H36ClN5O3S2/c1-3-6-25(13-14-49-48-2)40-26-9-11-30-22(15-26)17-32(42-30)37(46)41-27-10-12-31-23(16-27)18-33(43-31)38(47)44-21-24(20-39)36-29-8-5-4-7-28(29)35(45)19-34(36)44/h4-12,15-19,24,40,42-43,45H,3,13-14,20-21H2,1-2H3,(H,41,46)/b25-6-. The average Bonchev–Trinajstić information content (AvgIpc) is 3.83. The van der Waals surface area contributed by atoms with Gasteiger partial charge in [0.2, 0.25) is 0 Å². The number of aromatic amines is 2. The van der Waals surface area contributed by atoms with Crippen molar-refractivity contribution in [2.75, 3.05) is 40.0 Å². The molecule has 2 aromatic heterocycles. The lowest BCUT2D eigenvalue weighted by atomic mass is 9.95. The molecule has 8 nitrogen and oxygen atoms in total. The Bertz CT molecular complexity index is 2240. The summed E-state index contributed by atoms with van der Waals surface area (Å²) in [7, 11) is 3.62. The summed E-state index contributed by atoms with van der Waals surface area (Å²) >= 11 is 6.39. The second-order valence-electron chi connectivity index (χ2n) is 12.1. The van der Waals surface area contributed by atoms with Crippen molar-refractivity contribution < 1.29 is 14.7 Å². The van der Waals surface area contributed by atoms with Gasteiger partial charge >= 0.3 is 0 Å². The van der Waals surface area contributed by atoms with Gasteiger partial charge in [-0.1, -0.05) is 58.9 Å². The van der Waals surface area contributed by atoms with Crippen LogP contribution < -0.4 is 15.5 Å². The number of carbonyl (C=O) groups excluding carboxylic acids is 2. The molecule has 5 N–H and O–H groups in total. The second kappa shape index (κ2) is 14.2. The van der Waals surface area contributed by atoms with Gasteiger partial charge in [0.1, 0.15) is 17.1 Å². The summed E-state index contributed by atoms with van der Waals surface area (Å²) in [6, 6.07) is 24.5. The summed E-state index contributed by atoms with van der Waals surface area (Å²) in [5.74, 6) is 0.979. The summed E-state index contributed by atoms with van der Waals surface area (Å²) < 4.78 is 0. The summed E-state index contributed by atoms with van der Waals surface area (Å²) in [6.07, 6.45) is 6.23. The lowest BCUT2D eigenvalue weighted by Gasteiger charge is -2.17. The number of aromatic hydroxyl groups is 1. The Morgan fingerprint density at radius 3 is 2.31 bits per heavy atom. The Balaban J connectivity index is 1.08. The van der Waals surface area contributed by atoms with Gasteiger partial charge in [0, 0.05) is 74.4 Å². The first-order chi connectivity index (χ1) is 23.9. The number of allylic oxidation sites excluding steroid dienone is 2. The molecule has 1 atom stereocenters. The third kappa shape index (κ3) is 6.60. The third-order valence-corrected chi connectivity index (χ3v) is 11.1. The number of phenolic OH excluding ortho intramolecular Hbond substituents is 1. The molecule has 2 amide bonds. The highest BCUT2D eigenvalue weighted by atomic mass is 35.5. The molecular formula is C38H36ClN5O3S2. The van der Waals surface area contributed by atoms with Crippen LogP contribution in [0.25, 0.3) is 32.6 Å². The first-order valence-corrected chi connectivity index (χ1v) is 19.4. The highest BCUT2D eigenvalue weighted by Gasteiger charge is 2.35. The van der Waals surface area contributed by atoms with Gasteiger partial charge in [-0.3, -0.25) is 9.59 Å². The number of nitrogens with one attached hydrogen (secondary N) is 4.